The van der Waals surface area contributed by atoms with Crippen LogP contribution in [0.15, 0.2) is 0 Å². The Bertz CT molecular complexity index is 235. The van der Waals surface area contributed by atoms with E-state index in [-0.39, 0.29) is 5.91 Å². The maximum atomic E-state index is 12.2. The minimum absolute atomic E-state index is 0.219. The zero-order valence-electron chi connectivity index (χ0n) is 13.0. The smallest absolute Gasteiger partial charge is 0.222 e. The van der Waals surface area contributed by atoms with Gasteiger partial charge in [0, 0.05) is 26.6 Å². The number of carbonyl (C=O) groups is 1. The first-order valence-electron chi connectivity index (χ1n) is 7.12. The van der Waals surface area contributed by atoms with Crippen LogP contribution in [-0.2, 0) is 9.53 Å². The topological polar surface area (TPSA) is 58.8 Å². The minimum atomic E-state index is 0.219. The number of nitrogens with two attached hydrogens (primary N) is 1. The number of carbonyl (C=O) groups excluding carboxylic acids is 1. The van der Waals surface area contributed by atoms with Crippen molar-refractivity contribution < 1.29 is 9.53 Å². The number of nitrogens with zero attached hydrogens (tertiary/aromatic N) is 2. The van der Waals surface area contributed by atoms with Gasteiger partial charge in [0.2, 0.25) is 5.91 Å². The van der Waals surface area contributed by atoms with Crippen LogP contribution < -0.4 is 5.73 Å². The van der Waals surface area contributed by atoms with E-state index in [2.05, 4.69) is 11.8 Å². The zero-order chi connectivity index (χ0) is 14.7. The highest BCUT2D eigenvalue weighted by atomic mass is 16.5. The maximum absolute atomic E-state index is 12.2. The second-order valence-electron chi connectivity index (χ2n) is 5.41. The van der Waals surface area contributed by atoms with Gasteiger partial charge in [-0.2, -0.15) is 0 Å². The number of ether oxygens (including phenoxy) is 1. The summed E-state index contributed by atoms with van der Waals surface area (Å²) in [7, 11) is 5.76. The van der Waals surface area contributed by atoms with Crippen molar-refractivity contribution in [3.8, 4) is 0 Å². The molecule has 0 aliphatic carbocycles. The van der Waals surface area contributed by atoms with Crippen molar-refractivity contribution in [3.05, 3.63) is 0 Å². The van der Waals surface area contributed by atoms with Crippen molar-refractivity contribution in [2.75, 3.05) is 54.0 Å². The van der Waals surface area contributed by atoms with Gasteiger partial charge >= 0.3 is 0 Å². The lowest BCUT2D eigenvalue weighted by Crippen LogP contribution is -2.36. The van der Waals surface area contributed by atoms with E-state index in [1.807, 2.05) is 19.0 Å². The Hall–Kier alpha value is -0.650. The molecule has 1 atom stereocenters. The highest BCUT2D eigenvalue weighted by Gasteiger charge is 2.14. The third-order valence-corrected chi connectivity index (χ3v) is 3.20. The number of hydrogen-bond acceptors (Lipinski definition) is 4. The van der Waals surface area contributed by atoms with Crippen LogP contribution in [0.1, 0.15) is 26.2 Å². The van der Waals surface area contributed by atoms with E-state index in [0.29, 0.717) is 32.0 Å². The number of rotatable bonds is 11. The van der Waals surface area contributed by atoms with Crippen molar-refractivity contribution in [2.24, 2.45) is 11.7 Å². The molecule has 0 saturated heterocycles. The molecule has 0 spiro atoms. The lowest BCUT2D eigenvalue weighted by Gasteiger charge is -2.24. The highest BCUT2D eigenvalue weighted by Crippen LogP contribution is 2.07. The maximum Gasteiger partial charge on any atom is 0.222 e. The Morgan fingerprint density at radius 3 is 2.47 bits per heavy atom. The lowest BCUT2D eigenvalue weighted by atomic mass is 10.1. The van der Waals surface area contributed by atoms with Crippen LogP contribution in [0.4, 0.5) is 0 Å². The molecule has 0 aliphatic rings. The predicted octanol–water partition coefficient (Wildman–Crippen LogP) is 0.788. The van der Waals surface area contributed by atoms with Crippen LogP contribution in [0, 0.1) is 5.92 Å². The van der Waals surface area contributed by atoms with E-state index < -0.39 is 0 Å². The van der Waals surface area contributed by atoms with Gasteiger partial charge in [0.25, 0.3) is 0 Å². The standard InChI is InChI=1S/C14H31N3O2/c1-13(12-15)6-7-14(18)17(10-11-19-4)9-5-8-16(2)3/h13H,5-12,15H2,1-4H3. The second kappa shape index (κ2) is 11.2. The third-order valence-electron chi connectivity index (χ3n) is 3.20. The molecule has 1 amide bonds. The van der Waals surface area contributed by atoms with Crippen molar-refractivity contribution in [2.45, 2.75) is 26.2 Å². The molecule has 0 heterocycles. The Kier molecular flexibility index (Phi) is 10.8. The van der Waals surface area contributed by atoms with Crippen molar-refractivity contribution in [1.29, 1.82) is 0 Å². The van der Waals surface area contributed by atoms with Gasteiger partial charge in [-0.05, 0) is 45.9 Å². The molecule has 0 bridgehead atoms. The molecule has 5 heteroatoms. The van der Waals surface area contributed by atoms with Crippen LogP contribution in [0.3, 0.4) is 0 Å². The van der Waals surface area contributed by atoms with Gasteiger partial charge in [0.05, 0.1) is 6.61 Å². The quantitative estimate of drug-likeness (QED) is 0.604. The van der Waals surface area contributed by atoms with Crippen molar-refractivity contribution >= 4 is 5.91 Å². The van der Waals surface area contributed by atoms with E-state index in [1.165, 1.54) is 0 Å². The summed E-state index contributed by atoms with van der Waals surface area (Å²) in [4.78, 5) is 16.2. The molecule has 0 aromatic rings. The fourth-order valence-corrected chi connectivity index (χ4v) is 1.79. The molecule has 0 fully saturated rings. The largest absolute Gasteiger partial charge is 0.383 e. The first-order chi connectivity index (χ1) is 9.01. The zero-order valence-corrected chi connectivity index (χ0v) is 13.0. The van der Waals surface area contributed by atoms with E-state index in [9.17, 15) is 4.79 Å². The first-order valence-corrected chi connectivity index (χ1v) is 7.12. The monoisotopic (exact) mass is 273 g/mol. The highest BCUT2D eigenvalue weighted by molar-refractivity contribution is 5.76. The van der Waals surface area contributed by atoms with Gasteiger partial charge in [0.1, 0.15) is 0 Å². The average molecular weight is 273 g/mol. The molecule has 0 aromatic carbocycles. The fraction of sp³-hybridized carbons (Fsp3) is 0.929. The van der Waals surface area contributed by atoms with Crippen LogP contribution >= 0.6 is 0 Å². The summed E-state index contributed by atoms with van der Waals surface area (Å²) in [5.74, 6) is 0.631. The van der Waals surface area contributed by atoms with Gasteiger partial charge < -0.3 is 20.3 Å². The molecule has 114 valence electrons. The van der Waals surface area contributed by atoms with Gasteiger partial charge in [-0.3, -0.25) is 4.79 Å². The molecular weight excluding hydrogens is 242 g/mol. The van der Waals surface area contributed by atoms with Crippen molar-refractivity contribution in [1.82, 2.24) is 9.80 Å². The summed E-state index contributed by atoms with van der Waals surface area (Å²) in [6.45, 7) is 5.80. The fourth-order valence-electron chi connectivity index (χ4n) is 1.79. The first kappa shape index (κ1) is 18.4. The summed E-state index contributed by atoms with van der Waals surface area (Å²) in [5, 5.41) is 0. The molecule has 1 unspecified atom stereocenters. The molecule has 0 aliphatic heterocycles. The molecule has 0 saturated carbocycles. The molecule has 0 aromatic heterocycles. The Balaban J connectivity index is 4.10. The molecule has 0 rings (SSSR count). The van der Waals surface area contributed by atoms with E-state index in [1.54, 1.807) is 7.11 Å². The van der Waals surface area contributed by atoms with E-state index in [4.69, 9.17) is 10.5 Å². The molecule has 5 nitrogen and oxygen atoms in total. The molecule has 0 radical (unpaired) electrons. The number of amides is 1. The number of methoxy groups -OCH3 is 1. The number of hydrogen-bond donors (Lipinski definition) is 1. The molecule has 19 heavy (non-hydrogen) atoms. The second-order valence-corrected chi connectivity index (χ2v) is 5.41. The summed E-state index contributed by atoms with van der Waals surface area (Å²) in [6, 6.07) is 0. The average Bonchev–Trinajstić information content (AvgIpc) is 2.38. The van der Waals surface area contributed by atoms with Gasteiger partial charge in [-0.1, -0.05) is 6.92 Å². The van der Waals surface area contributed by atoms with Gasteiger partial charge in [-0.25, -0.2) is 0 Å². The lowest BCUT2D eigenvalue weighted by molar-refractivity contribution is -0.132. The van der Waals surface area contributed by atoms with Gasteiger partial charge in [-0.15, -0.1) is 0 Å². The Morgan fingerprint density at radius 1 is 1.26 bits per heavy atom. The summed E-state index contributed by atoms with van der Waals surface area (Å²) >= 11 is 0. The third kappa shape index (κ3) is 9.87. The summed E-state index contributed by atoms with van der Waals surface area (Å²) < 4.78 is 5.07. The minimum Gasteiger partial charge on any atom is -0.383 e. The van der Waals surface area contributed by atoms with Gasteiger partial charge in [0.15, 0.2) is 0 Å². The summed E-state index contributed by atoms with van der Waals surface area (Å²) in [6.07, 6.45) is 2.45. The summed E-state index contributed by atoms with van der Waals surface area (Å²) in [5.41, 5.74) is 5.58. The normalized spacial score (nSPS) is 12.7. The van der Waals surface area contributed by atoms with Crippen LogP contribution in [0.5, 0.6) is 0 Å². The van der Waals surface area contributed by atoms with E-state index in [0.717, 1.165) is 25.9 Å². The predicted molar refractivity (Wildman–Crippen MR) is 79.1 cm³/mol. The van der Waals surface area contributed by atoms with Crippen LogP contribution in [-0.4, -0.2) is 69.7 Å². The van der Waals surface area contributed by atoms with Crippen molar-refractivity contribution in [3.63, 3.8) is 0 Å². The van der Waals surface area contributed by atoms with Crippen LogP contribution in [0.2, 0.25) is 0 Å². The Morgan fingerprint density at radius 2 is 1.95 bits per heavy atom. The Labute approximate surface area is 118 Å². The van der Waals surface area contributed by atoms with Crippen LogP contribution in [0.25, 0.3) is 0 Å². The molecule has 2 N–H and O–H groups in total. The molecular formula is C14H31N3O2. The van der Waals surface area contributed by atoms with E-state index >= 15 is 0 Å². The SMILES string of the molecule is COCCN(CCCN(C)C)C(=O)CCC(C)CN.